The molecule has 0 aliphatic carbocycles. The van der Waals surface area contributed by atoms with Crippen LogP contribution in [0.4, 0.5) is 4.39 Å². The Balaban J connectivity index is 1.24. The molecule has 1 amide bonds. The van der Waals surface area contributed by atoms with Gasteiger partial charge in [0.2, 0.25) is 0 Å². The van der Waals surface area contributed by atoms with Gasteiger partial charge in [0.1, 0.15) is 17.4 Å². The van der Waals surface area contributed by atoms with E-state index in [1.54, 1.807) is 31.3 Å². The highest BCUT2D eigenvalue weighted by Crippen LogP contribution is 2.26. The molecule has 3 aromatic rings. The van der Waals surface area contributed by atoms with Crippen molar-refractivity contribution in [2.45, 2.75) is 57.7 Å². The molecular formula is C28H36FN5O4. The number of fused-ring (bicyclic) bond motifs is 1. The minimum atomic E-state index is -0.402. The van der Waals surface area contributed by atoms with Crippen LogP contribution in [0.2, 0.25) is 0 Å². The zero-order chi connectivity index (χ0) is 27.0. The van der Waals surface area contributed by atoms with Crippen molar-refractivity contribution in [3.8, 4) is 5.75 Å². The number of carbonyl (C=O) groups excluding carboxylic acids is 1. The van der Waals surface area contributed by atoms with E-state index >= 15 is 0 Å². The summed E-state index contributed by atoms with van der Waals surface area (Å²) in [6.45, 7) is 5.61. The quantitative estimate of drug-likeness (QED) is 0.495. The summed E-state index contributed by atoms with van der Waals surface area (Å²) in [5.41, 5.74) is 0.178. The second-order valence-electron chi connectivity index (χ2n) is 10.4. The van der Waals surface area contributed by atoms with E-state index in [4.69, 9.17) is 4.74 Å². The zero-order valence-corrected chi connectivity index (χ0v) is 22.4. The lowest BCUT2D eigenvalue weighted by Crippen LogP contribution is -2.50. The first kappa shape index (κ1) is 26.2. The summed E-state index contributed by atoms with van der Waals surface area (Å²) in [5.74, 6) is -0.108. The SMILES string of the molecule is CCCn1c(C(=O)N2CCC(N3CCC(Oc4ccccc4F)CC3)CC2)cc2c(=O)n(C)c(=O)n(C)c21. The van der Waals surface area contributed by atoms with Gasteiger partial charge >= 0.3 is 5.69 Å². The Morgan fingerprint density at radius 3 is 2.34 bits per heavy atom. The van der Waals surface area contributed by atoms with Crippen molar-refractivity contribution in [1.82, 2.24) is 23.5 Å². The summed E-state index contributed by atoms with van der Waals surface area (Å²) in [4.78, 5) is 43.3. The van der Waals surface area contributed by atoms with Crippen molar-refractivity contribution < 1.29 is 13.9 Å². The highest BCUT2D eigenvalue weighted by atomic mass is 19.1. The van der Waals surface area contributed by atoms with Crippen molar-refractivity contribution >= 4 is 16.9 Å². The maximum atomic E-state index is 13.9. The number of halogens is 1. The van der Waals surface area contributed by atoms with Gasteiger partial charge in [-0.1, -0.05) is 19.1 Å². The summed E-state index contributed by atoms with van der Waals surface area (Å²) in [6, 6.07) is 8.58. The Kier molecular flexibility index (Phi) is 7.43. The highest BCUT2D eigenvalue weighted by Gasteiger charge is 2.32. The largest absolute Gasteiger partial charge is 0.487 e. The van der Waals surface area contributed by atoms with Gasteiger partial charge in [0.05, 0.1) is 5.39 Å². The van der Waals surface area contributed by atoms with Crippen LogP contribution in [0, 0.1) is 5.82 Å². The molecule has 2 saturated heterocycles. The van der Waals surface area contributed by atoms with E-state index in [9.17, 15) is 18.8 Å². The molecule has 38 heavy (non-hydrogen) atoms. The van der Waals surface area contributed by atoms with Crippen LogP contribution >= 0.6 is 0 Å². The smallest absolute Gasteiger partial charge is 0.332 e. The summed E-state index contributed by atoms with van der Waals surface area (Å²) in [7, 11) is 3.10. The average molecular weight is 526 g/mol. The number of likely N-dealkylation sites (tertiary alicyclic amines) is 2. The first-order valence-corrected chi connectivity index (χ1v) is 13.5. The van der Waals surface area contributed by atoms with Crippen LogP contribution in [0.1, 0.15) is 49.5 Å². The van der Waals surface area contributed by atoms with Crippen molar-refractivity contribution in [2.24, 2.45) is 14.1 Å². The minimum absolute atomic E-state index is 0.00831. The number of benzene rings is 1. The van der Waals surface area contributed by atoms with Gasteiger partial charge in [-0.05, 0) is 50.3 Å². The van der Waals surface area contributed by atoms with Gasteiger partial charge in [0.15, 0.2) is 11.6 Å². The maximum Gasteiger partial charge on any atom is 0.332 e. The molecule has 2 aromatic heterocycles. The van der Waals surface area contributed by atoms with E-state index in [0.29, 0.717) is 48.2 Å². The first-order valence-electron chi connectivity index (χ1n) is 13.5. The lowest BCUT2D eigenvalue weighted by molar-refractivity contribution is 0.0412. The number of hydrogen-bond donors (Lipinski definition) is 0. The summed E-state index contributed by atoms with van der Waals surface area (Å²) in [5, 5.41) is 0.391. The van der Waals surface area contributed by atoms with Crippen molar-refractivity contribution in [1.29, 1.82) is 0 Å². The molecule has 0 radical (unpaired) electrons. The second-order valence-corrected chi connectivity index (χ2v) is 10.4. The number of aryl methyl sites for hydroxylation is 2. The molecular weight excluding hydrogens is 489 g/mol. The number of para-hydroxylation sites is 1. The molecule has 0 N–H and O–H groups in total. The van der Waals surface area contributed by atoms with Gasteiger partial charge in [-0.3, -0.25) is 23.6 Å². The molecule has 2 aliphatic heterocycles. The molecule has 10 heteroatoms. The molecule has 9 nitrogen and oxygen atoms in total. The monoisotopic (exact) mass is 525 g/mol. The van der Waals surface area contributed by atoms with Gasteiger partial charge in [-0.2, -0.15) is 0 Å². The summed E-state index contributed by atoms with van der Waals surface area (Å²) < 4.78 is 24.2. The molecule has 4 heterocycles. The van der Waals surface area contributed by atoms with Crippen molar-refractivity contribution in [3.63, 3.8) is 0 Å². The molecule has 0 atom stereocenters. The van der Waals surface area contributed by atoms with E-state index in [1.807, 2.05) is 16.4 Å². The summed E-state index contributed by atoms with van der Waals surface area (Å²) in [6.07, 6.45) is 4.22. The van der Waals surface area contributed by atoms with Crippen LogP contribution in [0.15, 0.2) is 39.9 Å². The van der Waals surface area contributed by atoms with Crippen molar-refractivity contribution in [3.05, 3.63) is 62.7 Å². The van der Waals surface area contributed by atoms with Gasteiger partial charge in [-0.15, -0.1) is 0 Å². The third-order valence-corrected chi connectivity index (χ3v) is 8.04. The molecule has 2 fully saturated rings. The van der Waals surface area contributed by atoms with Crippen molar-refractivity contribution in [2.75, 3.05) is 26.2 Å². The Morgan fingerprint density at radius 2 is 1.68 bits per heavy atom. The molecule has 0 unspecified atom stereocenters. The van der Waals surface area contributed by atoms with Crippen LogP contribution in [-0.4, -0.2) is 67.7 Å². The third kappa shape index (κ3) is 4.77. The normalized spacial score (nSPS) is 17.8. The Bertz CT molecular complexity index is 1440. The van der Waals surface area contributed by atoms with E-state index in [0.717, 1.165) is 49.8 Å². The number of nitrogens with zero attached hydrogens (tertiary/aromatic N) is 5. The lowest BCUT2D eigenvalue weighted by Gasteiger charge is -2.41. The molecule has 1 aromatic carbocycles. The number of ether oxygens (including phenoxy) is 1. The first-order chi connectivity index (χ1) is 18.3. The molecule has 204 valence electrons. The number of rotatable bonds is 6. The number of carbonyl (C=O) groups is 1. The zero-order valence-electron chi connectivity index (χ0n) is 22.4. The molecule has 0 saturated carbocycles. The minimum Gasteiger partial charge on any atom is -0.487 e. The fraction of sp³-hybridized carbons (Fsp3) is 0.536. The van der Waals surface area contributed by atoms with E-state index in [2.05, 4.69) is 4.90 Å². The Hall–Kier alpha value is -3.40. The number of aromatic nitrogens is 3. The lowest BCUT2D eigenvalue weighted by atomic mass is 9.98. The highest BCUT2D eigenvalue weighted by molar-refractivity contribution is 5.98. The number of amides is 1. The van der Waals surface area contributed by atoms with Crippen LogP contribution in [0.3, 0.4) is 0 Å². The van der Waals surface area contributed by atoms with E-state index in [-0.39, 0.29) is 23.4 Å². The molecule has 0 spiro atoms. The van der Waals surface area contributed by atoms with Gasteiger partial charge in [0.25, 0.3) is 11.5 Å². The van der Waals surface area contributed by atoms with Gasteiger partial charge in [-0.25, -0.2) is 9.18 Å². The molecule has 2 aliphatic rings. The summed E-state index contributed by atoms with van der Waals surface area (Å²) >= 11 is 0. The maximum absolute atomic E-state index is 13.9. The number of piperidine rings is 2. The van der Waals surface area contributed by atoms with Crippen LogP contribution in [0.25, 0.3) is 11.0 Å². The predicted molar refractivity (Wildman–Crippen MR) is 143 cm³/mol. The Labute approximate surface area is 221 Å². The van der Waals surface area contributed by atoms with Gasteiger partial charge < -0.3 is 14.2 Å². The second kappa shape index (κ2) is 10.8. The van der Waals surface area contributed by atoms with E-state index in [1.165, 1.54) is 17.7 Å². The van der Waals surface area contributed by atoms with Crippen LogP contribution < -0.4 is 16.0 Å². The van der Waals surface area contributed by atoms with Gasteiger partial charge in [0, 0.05) is 52.9 Å². The fourth-order valence-corrected chi connectivity index (χ4v) is 5.94. The predicted octanol–water partition coefficient (Wildman–Crippen LogP) is 2.74. The third-order valence-electron chi connectivity index (χ3n) is 8.04. The number of hydrogen-bond acceptors (Lipinski definition) is 5. The molecule has 5 rings (SSSR count). The average Bonchev–Trinajstić information content (AvgIpc) is 3.32. The topological polar surface area (TPSA) is 81.7 Å². The van der Waals surface area contributed by atoms with Crippen LogP contribution in [-0.2, 0) is 20.6 Å². The Morgan fingerprint density at radius 1 is 1.00 bits per heavy atom. The van der Waals surface area contributed by atoms with E-state index < -0.39 is 5.69 Å². The molecule has 0 bridgehead atoms. The van der Waals surface area contributed by atoms with Crippen LogP contribution in [0.5, 0.6) is 5.75 Å². The fourth-order valence-electron chi connectivity index (χ4n) is 5.94. The standard InChI is InChI=1S/C28H36FN5O4/c1-4-13-34-23(18-21-25(34)30(2)28(37)31(3)26(21)35)27(36)33-14-9-19(10-15-33)32-16-11-20(12-17-32)38-24-8-6-5-7-22(24)29/h5-8,18-20H,4,9-17H2,1-3H3.